The van der Waals surface area contributed by atoms with Gasteiger partial charge in [0.1, 0.15) is 0 Å². The number of benzene rings is 1. The van der Waals surface area contributed by atoms with E-state index in [1.54, 1.807) is 17.3 Å². The van der Waals surface area contributed by atoms with Crippen molar-refractivity contribution in [2.24, 2.45) is 5.92 Å². The maximum atomic E-state index is 12.5. The number of carbonyl (C=O) groups is 1. The minimum atomic E-state index is -3.64. The van der Waals surface area contributed by atoms with E-state index in [1.807, 2.05) is 30.3 Å². The molecule has 0 saturated carbocycles. The Hall–Kier alpha value is -2.25. The van der Waals surface area contributed by atoms with Crippen LogP contribution in [0.2, 0.25) is 0 Å². The molecule has 0 N–H and O–H groups in total. The summed E-state index contributed by atoms with van der Waals surface area (Å²) >= 11 is 0. The minimum absolute atomic E-state index is 0.112. The minimum Gasteiger partial charge on any atom is -0.311 e. The van der Waals surface area contributed by atoms with Gasteiger partial charge < -0.3 is 4.90 Å². The van der Waals surface area contributed by atoms with Crippen LogP contribution in [-0.2, 0) is 13.8 Å². The number of hydrogen-bond acceptors (Lipinski definition) is 5. The van der Waals surface area contributed by atoms with Crippen LogP contribution in [0.5, 0.6) is 0 Å². The second kappa shape index (κ2) is 5.93. The summed E-state index contributed by atoms with van der Waals surface area (Å²) in [6.45, 7) is 0.320. The van der Waals surface area contributed by atoms with Gasteiger partial charge in [0.15, 0.2) is 0 Å². The molecule has 1 saturated heterocycles. The van der Waals surface area contributed by atoms with E-state index in [9.17, 15) is 13.2 Å². The quantitative estimate of drug-likeness (QED) is 0.519. The molecule has 25 heavy (non-hydrogen) atoms. The van der Waals surface area contributed by atoms with E-state index in [4.69, 9.17) is 10.7 Å². The number of halogens is 1. The molecule has 0 aliphatic carbocycles. The molecule has 6 nitrogen and oxygen atoms in total. The topological polar surface area (TPSA) is 80.2 Å². The number of amides is 1. The third kappa shape index (κ3) is 3.05. The summed E-state index contributed by atoms with van der Waals surface area (Å²) in [4.78, 5) is 23.0. The van der Waals surface area contributed by atoms with Gasteiger partial charge in [-0.2, -0.15) is 0 Å². The molecule has 1 aliphatic heterocycles. The van der Waals surface area contributed by atoms with Gasteiger partial charge in [-0.25, -0.2) is 8.42 Å². The van der Waals surface area contributed by atoms with Crippen LogP contribution in [0.25, 0.3) is 21.8 Å². The van der Waals surface area contributed by atoms with Gasteiger partial charge in [0.2, 0.25) is 15.0 Å². The maximum absolute atomic E-state index is 12.5. The van der Waals surface area contributed by atoms with E-state index in [1.165, 1.54) is 0 Å². The second-order valence-corrected chi connectivity index (χ2v) is 8.97. The summed E-state index contributed by atoms with van der Waals surface area (Å²) in [6.07, 6.45) is 3.56. The number of rotatable bonds is 3. The average molecular weight is 376 g/mol. The van der Waals surface area contributed by atoms with Crippen LogP contribution in [0.3, 0.4) is 0 Å². The Labute approximate surface area is 148 Å². The van der Waals surface area contributed by atoms with Crippen LogP contribution in [0.4, 0.5) is 5.69 Å². The SMILES string of the molecule is O=C1CC(CS(=O)(=O)Cl)CN1c1cc2cccnc2c2ncccc12. The molecule has 1 fully saturated rings. The third-order valence-electron chi connectivity index (χ3n) is 4.37. The predicted molar refractivity (Wildman–Crippen MR) is 97.1 cm³/mol. The largest absolute Gasteiger partial charge is 0.311 e. The summed E-state index contributed by atoms with van der Waals surface area (Å²) in [5, 5.41) is 1.70. The Morgan fingerprint density at radius 3 is 2.64 bits per heavy atom. The molecule has 0 bridgehead atoms. The number of aromatic nitrogens is 2. The van der Waals surface area contributed by atoms with E-state index in [0.717, 1.165) is 27.5 Å². The monoisotopic (exact) mass is 375 g/mol. The van der Waals surface area contributed by atoms with Crippen LogP contribution in [-0.4, -0.2) is 36.6 Å². The Morgan fingerprint density at radius 2 is 1.88 bits per heavy atom. The zero-order chi connectivity index (χ0) is 17.6. The smallest absolute Gasteiger partial charge is 0.232 e. The number of carbonyl (C=O) groups excluding carboxylic acids is 1. The molecule has 3 aromatic rings. The van der Waals surface area contributed by atoms with Crippen LogP contribution in [0, 0.1) is 5.92 Å². The average Bonchev–Trinajstić information content (AvgIpc) is 2.92. The fraction of sp³-hybridized carbons (Fsp3) is 0.235. The van der Waals surface area contributed by atoms with E-state index >= 15 is 0 Å². The first-order chi connectivity index (χ1) is 11.9. The number of hydrogen-bond donors (Lipinski definition) is 0. The molecule has 0 spiro atoms. The Morgan fingerprint density at radius 1 is 1.16 bits per heavy atom. The molecular formula is C17H14ClN3O3S. The molecule has 1 amide bonds. The molecule has 1 unspecified atom stereocenters. The lowest BCUT2D eigenvalue weighted by Gasteiger charge is -2.19. The van der Waals surface area contributed by atoms with Gasteiger partial charge in [-0.1, -0.05) is 6.07 Å². The number of pyridine rings is 2. The fourth-order valence-corrected chi connectivity index (χ4v) is 4.71. The van der Waals surface area contributed by atoms with Crippen molar-refractivity contribution in [2.75, 3.05) is 17.2 Å². The van der Waals surface area contributed by atoms with Crippen LogP contribution in [0.1, 0.15) is 6.42 Å². The fourth-order valence-electron chi connectivity index (χ4n) is 3.39. The standard InChI is InChI=1S/C17H14ClN3O3S/c18-25(23,24)10-11-7-15(22)21(9-11)14-8-12-3-1-5-19-16(12)17-13(14)4-2-6-20-17/h1-6,8,11H,7,9-10H2. The van der Waals surface area contributed by atoms with Gasteiger partial charge in [-0.05, 0) is 24.3 Å². The van der Waals surface area contributed by atoms with E-state index in [2.05, 4.69) is 9.97 Å². The van der Waals surface area contributed by atoms with E-state index < -0.39 is 9.05 Å². The zero-order valence-corrected chi connectivity index (χ0v) is 14.7. The highest BCUT2D eigenvalue weighted by molar-refractivity contribution is 8.13. The summed E-state index contributed by atoms with van der Waals surface area (Å²) in [6, 6.07) is 9.35. The number of nitrogens with zero attached hydrogens (tertiary/aromatic N) is 3. The Bertz CT molecular complexity index is 1100. The molecule has 8 heteroatoms. The molecule has 0 radical (unpaired) electrons. The first kappa shape index (κ1) is 16.2. The summed E-state index contributed by atoms with van der Waals surface area (Å²) in [5.74, 6) is -0.632. The van der Waals surface area contributed by atoms with Gasteiger partial charge in [0.25, 0.3) is 0 Å². The van der Waals surface area contributed by atoms with Crippen molar-refractivity contribution in [3.8, 4) is 0 Å². The summed E-state index contributed by atoms with van der Waals surface area (Å²) < 4.78 is 22.7. The van der Waals surface area contributed by atoms with Crippen LogP contribution < -0.4 is 4.90 Å². The normalized spacial score (nSPS) is 18.4. The van der Waals surface area contributed by atoms with E-state index in [-0.39, 0.29) is 24.0 Å². The van der Waals surface area contributed by atoms with Crippen molar-refractivity contribution in [3.05, 3.63) is 42.7 Å². The van der Waals surface area contributed by atoms with Gasteiger partial charge >= 0.3 is 0 Å². The first-order valence-electron chi connectivity index (χ1n) is 7.77. The lowest BCUT2D eigenvalue weighted by molar-refractivity contribution is -0.117. The molecule has 1 aliphatic rings. The molecule has 4 rings (SSSR count). The van der Waals surface area contributed by atoms with Crippen molar-refractivity contribution < 1.29 is 13.2 Å². The Balaban J connectivity index is 1.84. The summed E-state index contributed by atoms with van der Waals surface area (Å²) in [7, 11) is 1.71. The highest BCUT2D eigenvalue weighted by atomic mass is 35.7. The first-order valence-corrected chi connectivity index (χ1v) is 10.3. The van der Waals surface area contributed by atoms with Crippen molar-refractivity contribution in [3.63, 3.8) is 0 Å². The highest BCUT2D eigenvalue weighted by Crippen LogP contribution is 2.35. The molecular weight excluding hydrogens is 362 g/mol. The molecule has 128 valence electrons. The third-order valence-corrected chi connectivity index (χ3v) is 5.62. The van der Waals surface area contributed by atoms with Gasteiger partial charge in [-0.15, -0.1) is 0 Å². The molecule has 1 atom stereocenters. The van der Waals surface area contributed by atoms with Crippen molar-refractivity contribution in [2.45, 2.75) is 6.42 Å². The van der Waals surface area contributed by atoms with Gasteiger partial charge in [0, 0.05) is 52.7 Å². The molecule has 3 heterocycles. The lowest BCUT2D eigenvalue weighted by atomic mass is 10.1. The second-order valence-electron chi connectivity index (χ2n) is 6.15. The van der Waals surface area contributed by atoms with Gasteiger partial charge in [-0.3, -0.25) is 14.8 Å². The van der Waals surface area contributed by atoms with Crippen molar-refractivity contribution in [1.82, 2.24) is 9.97 Å². The van der Waals surface area contributed by atoms with Crippen molar-refractivity contribution >= 4 is 53.1 Å². The number of anilines is 1. The highest BCUT2D eigenvalue weighted by Gasteiger charge is 2.34. The van der Waals surface area contributed by atoms with Crippen LogP contribution in [0.15, 0.2) is 42.7 Å². The Kier molecular flexibility index (Phi) is 3.85. The number of fused-ring (bicyclic) bond motifs is 3. The maximum Gasteiger partial charge on any atom is 0.232 e. The summed E-state index contributed by atoms with van der Waals surface area (Å²) in [5.41, 5.74) is 2.22. The lowest BCUT2D eigenvalue weighted by Crippen LogP contribution is -2.25. The van der Waals surface area contributed by atoms with Crippen molar-refractivity contribution in [1.29, 1.82) is 0 Å². The predicted octanol–water partition coefficient (Wildman–Crippen LogP) is 2.70. The molecule has 1 aromatic carbocycles. The van der Waals surface area contributed by atoms with Crippen LogP contribution >= 0.6 is 10.7 Å². The zero-order valence-electron chi connectivity index (χ0n) is 13.1. The van der Waals surface area contributed by atoms with Gasteiger partial charge in [0.05, 0.1) is 22.5 Å². The molecule has 2 aromatic heterocycles. The van der Waals surface area contributed by atoms with E-state index in [0.29, 0.717) is 6.54 Å².